The number of hydrogen-bond acceptors (Lipinski definition) is 4. The molecule has 0 aliphatic rings. The molecule has 0 atom stereocenters. The highest BCUT2D eigenvalue weighted by atomic mass is 35.5. The van der Waals surface area contributed by atoms with E-state index in [4.69, 9.17) is 11.6 Å². The summed E-state index contributed by atoms with van der Waals surface area (Å²) in [4.78, 5) is 14.0. The molecule has 6 heteroatoms. The number of aromatic nitrogens is 2. The van der Waals surface area contributed by atoms with Gasteiger partial charge in [0.25, 0.3) is 5.56 Å². The van der Waals surface area contributed by atoms with Gasteiger partial charge in [0.2, 0.25) is 0 Å². The summed E-state index contributed by atoms with van der Waals surface area (Å²) < 4.78 is 1.41. The Morgan fingerprint density at radius 1 is 1.50 bits per heavy atom. The Bertz CT molecular complexity index is 442. The van der Waals surface area contributed by atoms with Gasteiger partial charge < -0.3 is 10.2 Å². The predicted octanol–water partition coefficient (Wildman–Crippen LogP) is 1.53. The van der Waals surface area contributed by atoms with E-state index >= 15 is 0 Å². The summed E-state index contributed by atoms with van der Waals surface area (Å²) in [6.07, 6.45) is 1.61. The van der Waals surface area contributed by atoms with Crippen molar-refractivity contribution in [3.63, 3.8) is 0 Å². The second-order valence-corrected chi connectivity index (χ2v) is 5.36. The molecular weight excluding hydrogens is 252 g/mol. The predicted molar refractivity (Wildman–Crippen MR) is 75.4 cm³/mol. The van der Waals surface area contributed by atoms with E-state index in [0.29, 0.717) is 18.2 Å². The standard InChI is InChI=1S/C12H21ClN4O/c1-9(2)8-17-12(18)11(13)10(7-15-17)14-5-6-16(3)4/h7,9,14H,5-6,8H2,1-4H3. The van der Waals surface area contributed by atoms with Crippen molar-refractivity contribution >= 4 is 17.3 Å². The molecule has 0 aromatic carbocycles. The summed E-state index contributed by atoms with van der Waals surface area (Å²) in [6, 6.07) is 0. The van der Waals surface area contributed by atoms with E-state index in [-0.39, 0.29) is 10.6 Å². The molecule has 1 aromatic rings. The van der Waals surface area contributed by atoms with Crippen LogP contribution in [-0.4, -0.2) is 41.9 Å². The number of anilines is 1. The van der Waals surface area contributed by atoms with Crippen LogP contribution in [0.15, 0.2) is 11.0 Å². The maximum absolute atomic E-state index is 11.9. The van der Waals surface area contributed by atoms with E-state index < -0.39 is 0 Å². The molecule has 0 amide bonds. The highest BCUT2D eigenvalue weighted by Gasteiger charge is 2.09. The Morgan fingerprint density at radius 2 is 2.17 bits per heavy atom. The van der Waals surface area contributed by atoms with Gasteiger partial charge in [-0.15, -0.1) is 0 Å². The highest BCUT2D eigenvalue weighted by molar-refractivity contribution is 6.32. The molecular formula is C12H21ClN4O. The molecule has 0 fully saturated rings. The summed E-state index contributed by atoms with van der Waals surface area (Å²) in [5.41, 5.74) is 0.365. The van der Waals surface area contributed by atoms with Gasteiger partial charge in [0.15, 0.2) is 0 Å². The number of likely N-dealkylation sites (N-methyl/N-ethyl adjacent to an activating group) is 1. The van der Waals surface area contributed by atoms with E-state index in [1.165, 1.54) is 4.68 Å². The molecule has 102 valence electrons. The van der Waals surface area contributed by atoms with Gasteiger partial charge in [-0.3, -0.25) is 4.79 Å². The van der Waals surface area contributed by atoms with Crippen molar-refractivity contribution in [3.8, 4) is 0 Å². The van der Waals surface area contributed by atoms with Crippen molar-refractivity contribution in [3.05, 3.63) is 21.6 Å². The lowest BCUT2D eigenvalue weighted by Gasteiger charge is -2.13. The van der Waals surface area contributed by atoms with E-state index in [0.717, 1.165) is 13.1 Å². The summed E-state index contributed by atoms with van der Waals surface area (Å²) >= 11 is 6.05. The van der Waals surface area contributed by atoms with Crippen molar-refractivity contribution < 1.29 is 0 Å². The zero-order valence-corrected chi connectivity index (χ0v) is 12.2. The highest BCUT2D eigenvalue weighted by Crippen LogP contribution is 2.15. The van der Waals surface area contributed by atoms with E-state index in [2.05, 4.69) is 10.4 Å². The van der Waals surface area contributed by atoms with Crippen molar-refractivity contribution in [2.45, 2.75) is 20.4 Å². The largest absolute Gasteiger partial charge is 0.381 e. The first kappa shape index (κ1) is 15.0. The molecule has 0 unspecified atom stereocenters. The van der Waals surface area contributed by atoms with Gasteiger partial charge in [0.1, 0.15) is 5.02 Å². The third kappa shape index (κ3) is 4.31. The molecule has 0 aliphatic heterocycles. The van der Waals surface area contributed by atoms with E-state index in [1.54, 1.807) is 6.20 Å². The molecule has 1 rings (SSSR count). The average molecular weight is 273 g/mol. The lowest BCUT2D eigenvalue weighted by Crippen LogP contribution is -2.27. The fourth-order valence-corrected chi connectivity index (χ4v) is 1.69. The van der Waals surface area contributed by atoms with Crippen LogP contribution in [0.2, 0.25) is 5.02 Å². The van der Waals surface area contributed by atoms with E-state index in [9.17, 15) is 4.79 Å². The summed E-state index contributed by atoms with van der Waals surface area (Å²) in [7, 11) is 3.98. The van der Waals surface area contributed by atoms with Crippen LogP contribution >= 0.6 is 11.6 Å². The Morgan fingerprint density at radius 3 is 2.72 bits per heavy atom. The minimum Gasteiger partial charge on any atom is -0.381 e. The maximum Gasteiger partial charge on any atom is 0.287 e. The van der Waals surface area contributed by atoms with Crippen LogP contribution in [0.5, 0.6) is 0 Å². The lowest BCUT2D eigenvalue weighted by molar-refractivity contribution is 0.425. The molecule has 0 saturated carbocycles. The molecule has 1 heterocycles. The van der Waals surface area contributed by atoms with Gasteiger partial charge in [0.05, 0.1) is 11.9 Å². The van der Waals surface area contributed by atoms with Crippen LogP contribution in [0, 0.1) is 5.92 Å². The SMILES string of the molecule is CC(C)Cn1ncc(NCCN(C)C)c(Cl)c1=O. The molecule has 5 nitrogen and oxygen atoms in total. The number of hydrogen-bond donors (Lipinski definition) is 1. The van der Waals surface area contributed by atoms with Crippen LogP contribution in [-0.2, 0) is 6.54 Å². The molecule has 0 aliphatic carbocycles. The maximum atomic E-state index is 11.9. The average Bonchev–Trinajstić information content (AvgIpc) is 2.27. The number of halogens is 1. The van der Waals surface area contributed by atoms with Gasteiger partial charge in [-0.1, -0.05) is 25.4 Å². The third-order valence-electron chi connectivity index (χ3n) is 2.40. The van der Waals surface area contributed by atoms with Crippen molar-refractivity contribution in [1.82, 2.24) is 14.7 Å². The monoisotopic (exact) mass is 272 g/mol. The van der Waals surface area contributed by atoms with Crippen molar-refractivity contribution in [2.75, 3.05) is 32.5 Å². The van der Waals surface area contributed by atoms with Crippen LogP contribution in [0.1, 0.15) is 13.8 Å². The van der Waals surface area contributed by atoms with Crippen LogP contribution < -0.4 is 10.9 Å². The normalized spacial score (nSPS) is 11.3. The van der Waals surface area contributed by atoms with Crippen LogP contribution in [0.4, 0.5) is 5.69 Å². The molecule has 1 N–H and O–H groups in total. The van der Waals surface area contributed by atoms with Gasteiger partial charge in [-0.2, -0.15) is 5.10 Å². The Hall–Kier alpha value is -1.07. The Kier molecular flexibility index (Phi) is 5.62. The molecule has 18 heavy (non-hydrogen) atoms. The quantitative estimate of drug-likeness (QED) is 0.853. The zero-order chi connectivity index (χ0) is 13.7. The van der Waals surface area contributed by atoms with Crippen molar-refractivity contribution in [1.29, 1.82) is 0 Å². The fraction of sp³-hybridized carbons (Fsp3) is 0.667. The fourth-order valence-electron chi connectivity index (χ4n) is 1.48. The number of rotatable bonds is 6. The molecule has 0 bridgehead atoms. The minimum atomic E-state index is -0.236. The van der Waals surface area contributed by atoms with Gasteiger partial charge >= 0.3 is 0 Å². The summed E-state index contributed by atoms with van der Waals surface area (Å²) in [6.45, 7) is 6.24. The molecule has 0 radical (unpaired) electrons. The van der Waals surface area contributed by atoms with E-state index in [1.807, 2.05) is 32.8 Å². The lowest BCUT2D eigenvalue weighted by atomic mass is 10.2. The summed E-state index contributed by atoms with van der Waals surface area (Å²) in [5.74, 6) is 0.360. The third-order valence-corrected chi connectivity index (χ3v) is 2.76. The van der Waals surface area contributed by atoms with Crippen molar-refractivity contribution in [2.24, 2.45) is 5.92 Å². The first-order valence-corrected chi connectivity index (χ1v) is 6.43. The number of nitrogens with one attached hydrogen (secondary N) is 1. The molecule has 0 saturated heterocycles. The molecule has 1 aromatic heterocycles. The summed E-state index contributed by atoms with van der Waals surface area (Å²) in [5, 5.41) is 7.45. The van der Waals surface area contributed by atoms with Crippen LogP contribution in [0.25, 0.3) is 0 Å². The minimum absolute atomic E-state index is 0.212. The second-order valence-electron chi connectivity index (χ2n) is 4.98. The molecule has 0 spiro atoms. The number of nitrogens with zero attached hydrogens (tertiary/aromatic N) is 3. The first-order valence-electron chi connectivity index (χ1n) is 6.06. The zero-order valence-electron chi connectivity index (χ0n) is 11.4. The van der Waals surface area contributed by atoms with Gasteiger partial charge in [-0.05, 0) is 20.0 Å². The van der Waals surface area contributed by atoms with Gasteiger partial charge in [0, 0.05) is 19.6 Å². The van der Waals surface area contributed by atoms with Crippen LogP contribution in [0.3, 0.4) is 0 Å². The van der Waals surface area contributed by atoms with Gasteiger partial charge in [-0.25, -0.2) is 4.68 Å². The Balaban J connectivity index is 2.78. The Labute approximate surface area is 113 Å². The topological polar surface area (TPSA) is 50.2 Å². The second kappa shape index (κ2) is 6.75. The first-order chi connectivity index (χ1) is 8.41. The smallest absolute Gasteiger partial charge is 0.287 e.